The summed E-state index contributed by atoms with van der Waals surface area (Å²) < 4.78 is 1.02. The van der Waals surface area contributed by atoms with Gasteiger partial charge in [0, 0.05) is 23.8 Å². The van der Waals surface area contributed by atoms with Crippen LogP contribution in [0.1, 0.15) is 27.0 Å². The van der Waals surface area contributed by atoms with Gasteiger partial charge in [-0.25, -0.2) is 9.78 Å². The lowest BCUT2D eigenvalue weighted by atomic mass is 10.1. The molecule has 3 aromatic rings. The lowest BCUT2D eigenvalue weighted by molar-refractivity contribution is 0.0751. The van der Waals surface area contributed by atoms with Gasteiger partial charge in [-0.2, -0.15) is 0 Å². The number of carbonyl (C=O) groups excluding carboxylic acids is 1. The van der Waals surface area contributed by atoms with Crippen molar-refractivity contribution in [2.24, 2.45) is 0 Å². The van der Waals surface area contributed by atoms with Crippen LogP contribution in [0.2, 0.25) is 0 Å². The highest BCUT2D eigenvalue weighted by Gasteiger charge is 2.26. The highest BCUT2D eigenvalue weighted by molar-refractivity contribution is 9.10. The van der Waals surface area contributed by atoms with E-state index in [4.69, 9.17) is 0 Å². The Balaban J connectivity index is 1.71. The molecule has 2 N–H and O–H groups in total. The number of rotatable bonds is 1. The van der Waals surface area contributed by atoms with Gasteiger partial charge in [0.2, 0.25) is 0 Å². The molecule has 0 spiro atoms. The third-order valence-corrected chi connectivity index (χ3v) is 5.47. The number of halogens is 1. The summed E-state index contributed by atoms with van der Waals surface area (Å²) in [5, 5.41) is 0.180. The van der Waals surface area contributed by atoms with E-state index in [9.17, 15) is 14.4 Å². The minimum Gasteiger partial charge on any atom is -0.330 e. The van der Waals surface area contributed by atoms with E-state index in [0.29, 0.717) is 18.7 Å². The maximum atomic E-state index is 12.8. The molecule has 1 amide bonds. The molecule has 0 fully saturated rings. The van der Waals surface area contributed by atoms with Gasteiger partial charge in [0.1, 0.15) is 5.65 Å². The van der Waals surface area contributed by atoms with Crippen molar-refractivity contribution in [1.82, 2.24) is 19.9 Å². The Morgan fingerprint density at radius 3 is 2.84 bits per heavy atom. The van der Waals surface area contributed by atoms with Gasteiger partial charge in [-0.05, 0) is 29.7 Å². The third kappa shape index (κ3) is 2.58. The first-order chi connectivity index (χ1) is 11.9. The largest absolute Gasteiger partial charge is 0.330 e. The van der Waals surface area contributed by atoms with Crippen LogP contribution in [0, 0.1) is 6.92 Å². The number of nitrogens with zero attached hydrogens (tertiary/aromatic N) is 2. The maximum Gasteiger partial charge on any atom is 0.327 e. The molecule has 25 heavy (non-hydrogen) atoms. The van der Waals surface area contributed by atoms with Crippen LogP contribution < -0.4 is 11.2 Å². The Morgan fingerprint density at radius 2 is 2.04 bits per heavy atom. The van der Waals surface area contributed by atoms with Gasteiger partial charge in [0.15, 0.2) is 0 Å². The molecule has 0 radical (unpaired) electrons. The predicted octanol–water partition coefficient (Wildman–Crippen LogP) is 1.84. The van der Waals surface area contributed by atoms with Gasteiger partial charge in [-0.15, -0.1) is 0 Å². The Morgan fingerprint density at radius 1 is 1.24 bits per heavy atom. The highest BCUT2D eigenvalue weighted by atomic mass is 79.9. The van der Waals surface area contributed by atoms with Crippen molar-refractivity contribution < 1.29 is 4.79 Å². The van der Waals surface area contributed by atoms with Gasteiger partial charge in [-0.3, -0.25) is 19.6 Å². The topological polar surface area (TPSA) is 98.9 Å². The average Bonchev–Trinajstić information content (AvgIpc) is 3.02. The molecule has 1 aliphatic rings. The summed E-state index contributed by atoms with van der Waals surface area (Å²) in [5.74, 6) is -0.208. The van der Waals surface area contributed by atoms with E-state index in [0.717, 1.165) is 21.2 Å². The number of H-pyrrole nitrogens is 2. The first kappa shape index (κ1) is 15.8. The van der Waals surface area contributed by atoms with Gasteiger partial charge >= 0.3 is 5.69 Å². The van der Waals surface area contributed by atoms with Crippen LogP contribution in [0.3, 0.4) is 0 Å². The number of hydrogen-bond acceptors (Lipinski definition) is 4. The normalized spacial score (nSPS) is 13.3. The van der Waals surface area contributed by atoms with Crippen molar-refractivity contribution in [3.63, 3.8) is 0 Å². The number of carbonyl (C=O) groups is 1. The predicted molar refractivity (Wildman–Crippen MR) is 95.4 cm³/mol. The molecule has 0 bridgehead atoms. The van der Waals surface area contributed by atoms with E-state index in [1.807, 2.05) is 19.1 Å². The van der Waals surface area contributed by atoms with Gasteiger partial charge < -0.3 is 4.90 Å². The second-order valence-electron chi connectivity index (χ2n) is 6.02. The quantitative estimate of drug-likeness (QED) is 0.650. The summed E-state index contributed by atoms with van der Waals surface area (Å²) >= 11 is 3.58. The Hall–Kier alpha value is -2.74. The number of aromatic amines is 2. The van der Waals surface area contributed by atoms with Crippen LogP contribution in [-0.2, 0) is 13.1 Å². The van der Waals surface area contributed by atoms with Gasteiger partial charge in [0.05, 0.1) is 10.9 Å². The van der Waals surface area contributed by atoms with Gasteiger partial charge in [-0.1, -0.05) is 28.1 Å². The smallest absolute Gasteiger partial charge is 0.327 e. The number of aryl methyl sites for hydroxylation is 1. The van der Waals surface area contributed by atoms with Gasteiger partial charge in [0.25, 0.3) is 11.5 Å². The standard InChI is InChI=1S/C17H13BrN4O3/c1-8-2-3-9-6-22(7-12(9)13(8)18)16(24)10-4-11-14(19-5-10)20-17(25)21-15(11)23/h2-5H,6-7H2,1H3,(H2,19,20,21,23,25). The van der Waals surface area contributed by atoms with E-state index >= 15 is 0 Å². The zero-order chi connectivity index (χ0) is 17.7. The Bertz CT molecular complexity index is 1150. The summed E-state index contributed by atoms with van der Waals surface area (Å²) in [4.78, 5) is 46.3. The van der Waals surface area contributed by atoms with E-state index < -0.39 is 11.2 Å². The number of fused-ring (bicyclic) bond motifs is 2. The molecular formula is C17H13BrN4O3. The molecule has 2 aromatic heterocycles. The zero-order valence-corrected chi connectivity index (χ0v) is 14.8. The first-order valence-electron chi connectivity index (χ1n) is 7.62. The summed E-state index contributed by atoms with van der Waals surface area (Å²) in [6, 6.07) is 5.50. The Kier molecular flexibility index (Phi) is 3.57. The minimum atomic E-state index is -0.626. The molecule has 0 saturated carbocycles. The summed E-state index contributed by atoms with van der Waals surface area (Å²) in [6.07, 6.45) is 1.38. The maximum absolute atomic E-state index is 12.8. The van der Waals surface area contributed by atoms with Crippen LogP contribution >= 0.6 is 15.9 Å². The molecule has 4 rings (SSSR count). The fourth-order valence-electron chi connectivity index (χ4n) is 3.04. The minimum absolute atomic E-state index is 0.161. The van der Waals surface area contributed by atoms with E-state index in [1.54, 1.807) is 4.90 Å². The molecule has 0 saturated heterocycles. The van der Waals surface area contributed by atoms with E-state index in [-0.39, 0.29) is 16.9 Å². The van der Waals surface area contributed by atoms with Crippen molar-refractivity contribution >= 4 is 32.9 Å². The van der Waals surface area contributed by atoms with Crippen LogP contribution in [0.4, 0.5) is 0 Å². The zero-order valence-electron chi connectivity index (χ0n) is 13.2. The number of aromatic nitrogens is 3. The van der Waals surface area contributed by atoms with Crippen molar-refractivity contribution in [3.05, 3.63) is 72.0 Å². The molecular weight excluding hydrogens is 388 g/mol. The molecule has 1 aromatic carbocycles. The summed E-state index contributed by atoms with van der Waals surface area (Å²) in [7, 11) is 0. The molecule has 1 aliphatic heterocycles. The number of pyridine rings is 1. The highest BCUT2D eigenvalue weighted by Crippen LogP contribution is 2.32. The summed E-state index contributed by atoms with van der Waals surface area (Å²) in [5.41, 5.74) is 2.60. The van der Waals surface area contributed by atoms with Crippen LogP contribution in [-0.4, -0.2) is 25.8 Å². The van der Waals surface area contributed by atoms with Crippen LogP contribution in [0.25, 0.3) is 11.0 Å². The lowest BCUT2D eigenvalue weighted by Gasteiger charge is -2.15. The van der Waals surface area contributed by atoms with Crippen molar-refractivity contribution in [2.45, 2.75) is 20.0 Å². The SMILES string of the molecule is Cc1ccc2c(c1Br)CN(C(=O)c1cnc3[nH]c(=O)[nH]c(=O)c3c1)C2. The Labute approximate surface area is 149 Å². The van der Waals surface area contributed by atoms with E-state index in [2.05, 4.69) is 30.9 Å². The average molecular weight is 401 g/mol. The van der Waals surface area contributed by atoms with Crippen molar-refractivity contribution in [3.8, 4) is 0 Å². The number of hydrogen-bond donors (Lipinski definition) is 2. The lowest BCUT2D eigenvalue weighted by Crippen LogP contribution is -2.27. The van der Waals surface area contributed by atoms with Crippen LogP contribution in [0.5, 0.6) is 0 Å². The van der Waals surface area contributed by atoms with E-state index in [1.165, 1.54) is 12.3 Å². The molecule has 3 heterocycles. The molecule has 126 valence electrons. The second kappa shape index (κ2) is 5.66. The van der Waals surface area contributed by atoms with Crippen molar-refractivity contribution in [2.75, 3.05) is 0 Å². The fraction of sp³-hybridized carbons (Fsp3) is 0.176. The molecule has 0 unspecified atom stereocenters. The van der Waals surface area contributed by atoms with Crippen molar-refractivity contribution in [1.29, 1.82) is 0 Å². The number of nitrogens with one attached hydrogen (secondary N) is 2. The number of benzene rings is 1. The van der Waals surface area contributed by atoms with Crippen LogP contribution in [0.15, 0.2) is 38.5 Å². The molecule has 0 aliphatic carbocycles. The fourth-order valence-corrected chi connectivity index (χ4v) is 3.55. The molecule has 0 atom stereocenters. The summed E-state index contributed by atoms with van der Waals surface area (Å²) in [6.45, 7) is 3.01. The second-order valence-corrected chi connectivity index (χ2v) is 6.82. The molecule has 7 nitrogen and oxygen atoms in total. The third-order valence-electron chi connectivity index (χ3n) is 4.37. The monoisotopic (exact) mass is 400 g/mol. The number of amides is 1. The molecule has 8 heteroatoms. The first-order valence-corrected chi connectivity index (χ1v) is 8.42.